The molecule has 1 fully saturated rings. The number of carbonyl (C=O) groups is 1. The highest BCUT2D eigenvalue weighted by atomic mass is 32.2. The average Bonchev–Trinajstić information content (AvgIpc) is 2.67. The normalized spacial score (nSPS) is 22.8. The van der Waals surface area contributed by atoms with Crippen LogP contribution in [0.1, 0.15) is 12.5 Å². The van der Waals surface area contributed by atoms with Gasteiger partial charge in [0.15, 0.2) is 6.04 Å². The molecular weight excluding hydrogens is 393 g/mol. The van der Waals surface area contributed by atoms with Crippen LogP contribution in [0.3, 0.4) is 0 Å². The van der Waals surface area contributed by atoms with Crippen LogP contribution in [-0.4, -0.2) is 53.3 Å². The molecule has 3 rings (SSSR count). The average molecular weight is 411 g/mol. The molecule has 0 N–H and O–H groups in total. The zero-order valence-electron chi connectivity index (χ0n) is 14.9. The van der Waals surface area contributed by atoms with Crippen molar-refractivity contribution in [3.8, 4) is 0 Å². The van der Waals surface area contributed by atoms with E-state index < -0.39 is 18.6 Å². The fourth-order valence-electron chi connectivity index (χ4n) is 2.92. The summed E-state index contributed by atoms with van der Waals surface area (Å²) >= 11 is 1.53. The maximum atomic E-state index is 12.8. The van der Waals surface area contributed by atoms with Crippen molar-refractivity contribution in [1.29, 1.82) is 0 Å². The van der Waals surface area contributed by atoms with Crippen molar-refractivity contribution in [2.24, 2.45) is 4.99 Å². The molecule has 0 aliphatic carbocycles. The van der Waals surface area contributed by atoms with Crippen LogP contribution >= 0.6 is 19.4 Å². The number of nitro benzene ring substituents is 1. The lowest BCUT2D eigenvalue weighted by molar-refractivity contribution is -0.384. The SMILES string of the molecule is COP(=O)(OC)C1=C(C)CS[C@@H]2[C@@H](/N=C/c3ccc([N+](=O)[O-])cc3)C(=O)N12. The number of rotatable bonds is 6. The first-order chi connectivity index (χ1) is 12.8. The van der Waals surface area contributed by atoms with Gasteiger partial charge in [-0.05, 0) is 30.2 Å². The highest BCUT2D eigenvalue weighted by molar-refractivity contribution is 8.00. The van der Waals surface area contributed by atoms with E-state index in [1.165, 1.54) is 49.2 Å². The van der Waals surface area contributed by atoms with Crippen molar-refractivity contribution >= 4 is 37.2 Å². The molecule has 1 saturated heterocycles. The Morgan fingerprint density at radius 3 is 2.52 bits per heavy atom. The van der Waals surface area contributed by atoms with E-state index in [9.17, 15) is 19.5 Å². The summed E-state index contributed by atoms with van der Waals surface area (Å²) in [6.45, 7) is 1.80. The van der Waals surface area contributed by atoms with E-state index >= 15 is 0 Å². The van der Waals surface area contributed by atoms with E-state index in [0.717, 1.165) is 5.57 Å². The minimum absolute atomic E-state index is 0.0129. The second-order valence-corrected chi connectivity index (χ2v) is 9.20. The zero-order chi connectivity index (χ0) is 19.8. The molecule has 144 valence electrons. The quantitative estimate of drug-likeness (QED) is 0.233. The Kier molecular flexibility index (Phi) is 5.53. The van der Waals surface area contributed by atoms with Crippen molar-refractivity contribution in [1.82, 2.24) is 4.90 Å². The first-order valence-electron chi connectivity index (χ1n) is 7.96. The van der Waals surface area contributed by atoms with Gasteiger partial charge in [-0.3, -0.25) is 29.4 Å². The van der Waals surface area contributed by atoms with Gasteiger partial charge in [0.05, 0.1) is 4.92 Å². The van der Waals surface area contributed by atoms with Gasteiger partial charge in [0.2, 0.25) is 0 Å². The van der Waals surface area contributed by atoms with Gasteiger partial charge in [0.25, 0.3) is 11.6 Å². The molecule has 2 atom stereocenters. The second kappa shape index (κ2) is 7.55. The van der Waals surface area contributed by atoms with Gasteiger partial charge in [-0.1, -0.05) is 0 Å². The maximum Gasteiger partial charge on any atom is 0.377 e. The molecule has 2 aliphatic rings. The van der Waals surface area contributed by atoms with Crippen LogP contribution in [0.2, 0.25) is 0 Å². The molecule has 11 heteroatoms. The molecule has 0 saturated carbocycles. The van der Waals surface area contributed by atoms with E-state index in [1.807, 2.05) is 0 Å². The lowest BCUT2D eigenvalue weighted by Crippen LogP contribution is -2.63. The zero-order valence-corrected chi connectivity index (χ0v) is 16.6. The molecular formula is C16H18N3O6PS. The van der Waals surface area contributed by atoms with E-state index in [4.69, 9.17) is 9.05 Å². The number of fused-ring (bicyclic) bond motifs is 1. The number of nitrogens with zero attached hydrogens (tertiary/aromatic N) is 3. The summed E-state index contributed by atoms with van der Waals surface area (Å²) in [6, 6.07) is 5.27. The molecule has 0 spiro atoms. The summed E-state index contributed by atoms with van der Waals surface area (Å²) in [5.74, 6) is 0.304. The van der Waals surface area contributed by atoms with Crippen LogP contribution in [-0.2, 0) is 18.4 Å². The van der Waals surface area contributed by atoms with Gasteiger partial charge < -0.3 is 9.05 Å². The van der Waals surface area contributed by atoms with Crippen LogP contribution in [0.4, 0.5) is 5.69 Å². The number of benzene rings is 1. The first-order valence-corrected chi connectivity index (χ1v) is 10.6. The number of amides is 1. The maximum absolute atomic E-state index is 12.8. The third kappa shape index (κ3) is 3.45. The fraction of sp³-hybridized carbons (Fsp3) is 0.375. The van der Waals surface area contributed by atoms with Crippen LogP contribution in [0.25, 0.3) is 0 Å². The lowest BCUT2D eigenvalue weighted by atomic mass is 10.1. The highest BCUT2D eigenvalue weighted by Gasteiger charge is 2.55. The molecule has 27 heavy (non-hydrogen) atoms. The number of thioether (sulfide) groups is 1. The monoisotopic (exact) mass is 411 g/mol. The smallest absolute Gasteiger partial charge is 0.308 e. The molecule has 0 bridgehead atoms. The standard InChI is InChI=1S/C16H18N3O6PS/c1-10-9-27-16-13(14(20)18(16)15(10)26(23,24-2)25-3)17-8-11-4-6-12(7-5-11)19(21)22/h4-8,13,16H,9H2,1-3H3/b17-8+/t13-,16+/m0/s1. The predicted octanol–water partition coefficient (Wildman–Crippen LogP) is 3.01. The van der Waals surface area contributed by atoms with Crippen LogP contribution < -0.4 is 0 Å². The molecule has 0 unspecified atom stereocenters. The number of hydrogen-bond donors (Lipinski definition) is 0. The van der Waals surface area contributed by atoms with Gasteiger partial charge in [0.1, 0.15) is 10.8 Å². The molecule has 9 nitrogen and oxygen atoms in total. The number of aliphatic imine (C=N–C) groups is 1. The van der Waals surface area contributed by atoms with Gasteiger partial charge >= 0.3 is 7.60 Å². The van der Waals surface area contributed by atoms with Crippen molar-refractivity contribution in [3.63, 3.8) is 0 Å². The van der Waals surface area contributed by atoms with E-state index in [0.29, 0.717) is 16.8 Å². The molecule has 2 heterocycles. The number of non-ortho nitro benzene ring substituents is 1. The summed E-state index contributed by atoms with van der Waals surface area (Å²) in [5, 5.41) is 10.4. The van der Waals surface area contributed by atoms with Gasteiger partial charge in [-0.2, -0.15) is 0 Å². The molecule has 0 aromatic heterocycles. The molecule has 2 aliphatic heterocycles. The molecule has 0 radical (unpaired) electrons. The summed E-state index contributed by atoms with van der Waals surface area (Å²) in [4.78, 5) is 28.6. The Labute approximate surface area is 160 Å². The lowest BCUT2D eigenvalue weighted by Gasteiger charge is -2.49. The van der Waals surface area contributed by atoms with Gasteiger partial charge in [-0.15, -0.1) is 11.8 Å². The third-order valence-corrected chi connectivity index (χ3v) is 7.81. The number of β-lactam (4-membered cyclic amide) rings is 1. The Morgan fingerprint density at radius 1 is 1.33 bits per heavy atom. The molecule has 1 aromatic carbocycles. The number of hydrogen-bond acceptors (Lipinski definition) is 8. The summed E-state index contributed by atoms with van der Waals surface area (Å²) < 4.78 is 23.0. The first kappa shape index (κ1) is 19.8. The Balaban J connectivity index is 1.80. The van der Waals surface area contributed by atoms with Gasteiger partial charge in [-0.25, -0.2) is 0 Å². The minimum Gasteiger partial charge on any atom is -0.308 e. The topological polar surface area (TPSA) is 111 Å². The Hall–Kier alpha value is -2.00. The number of carbonyl (C=O) groups excluding carboxylic acids is 1. The number of nitro groups is 1. The van der Waals surface area contributed by atoms with Gasteiger partial charge in [0, 0.05) is 38.3 Å². The van der Waals surface area contributed by atoms with Crippen molar-refractivity contribution < 1.29 is 23.3 Å². The molecule has 1 aromatic rings. The summed E-state index contributed by atoms with van der Waals surface area (Å²) in [5.41, 5.74) is 1.71. The van der Waals surface area contributed by atoms with E-state index in [-0.39, 0.29) is 17.0 Å². The van der Waals surface area contributed by atoms with E-state index in [2.05, 4.69) is 4.99 Å². The predicted molar refractivity (Wildman–Crippen MR) is 102 cm³/mol. The van der Waals surface area contributed by atoms with Crippen molar-refractivity contribution in [3.05, 3.63) is 51.0 Å². The second-order valence-electron chi connectivity index (χ2n) is 5.95. The van der Waals surface area contributed by atoms with Crippen LogP contribution in [0, 0.1) is 10.1 Å². The highest BCUT2D eigenvalue weighted by Crippen LogP contribution is 2.61. The Morgan fingerprint density at radius 2 is 1.96 bits per heavy atom. The molecule has 1 amide bonds. The fourth-order valence-corrected chi connectivity index (χ4v) is 5.92. The largest absolute Gasteiger partial charge is 0.377 e. The van der Waals surface area contributed by atoms with Crippen molar-refractivity contribution in [2.75, 3.05) is 20.0 Å². The van der Waals surface area contributed by atoms with Crippen molar-refractivity contribution in [2.45, 2.75) is 18.3 Å². The minimum atomic E-state index is -3.56. The van der Waals surface area contributed by atoms with Crippen LogP contribution in [0.15, 0.2) is 40.3 Å². The van der Waals surface area contributed by atoms with Crippen LogP contribution in [0.5, 0.6) is 0 Å². The summed E-state index contributed by atoms with van der Waals surface area (Å²) in [6.07, 6.45) is 1.52. The van der Waals surface area contributed by atoms with E-state index in [1.54, 1.807) is 19.1 Å². The summed E-state index contributed by atoms with van der Waals surface area (Å²) in [7, 11) is -0.980. The Bertz CT molecular complexity index is 877. The third-order valence-electron chi connectivity index (χ3n) is 4.32.